The SMILES string of the molecule is O=C(OC(F)C(F)F)C(F)F. The van der Waals surface area contributed by atoms with Gasteiger partial charge in [-0.05, 0) is 0 Å². The molecular weight excluding hydrogens is 175 g/mol. The molecule has 0 N–H and O–H groups in total. The van der Waals surface area contributed by atoms with Gasteiger partial charge in [0.15, 0.2) is 0 Å². The zero-order valence-corrected chi connectivity index (χ0v) is 4.94. The van der Waals surface area contributed by atoms with Crippen LogP contribution in [0.3, 0.4) is 0 Å². The van der Waals surface area contributed by atoms with Gasteiger partial charge in [-0.3, -0.25) is 0 Å². The first-order valence-corrected chi connectivity index (χ1v) is 2.36. The Morgan fingerprint density at radius 3 is 1.82 bits per heavy atom. The van der Waals surface area contributed by atoms with Crippen molar-refractivity contribution < 1.29 is 31.5 Å². The number of rotatable bonds is 3. The van der Waals surface area contributed by atoms with E-state index in [2.05, 4.69) is 4.74 Å². The second-order valence-electron chi connectivity index (χ2n) is 1.42. The number of esters is 1. The Bertz CT molecular complexity index is 136. The van der Waals surface area contributed by atoms with Crippen LogP contribution in [-0.2, 0) is 9.53 Å². The van der Waals surface area contributed by atoms with Crippen LogP contribution in [0.1, 0.15) is 0 Å². The zero-order valence-electron chi connectivity index (χ0n) is 4.94. The van der Waals surface area contributed by atoms with Gasteiger partial charge in [-0.1, -0.05) is 0 Å². The molecule has 0 aliphatic rings. The Morgan fingerprint density at radius 2 is 1.55 bits per heavy atom. The monoisotopic (exact) mass is 178 g/mol. The number of hydrogen-bond acceptors (Lipinski definition) is 2. The topological polar surface area (TPSA) is 26.3 Å². The molecule has 0 aliphatic heterocycles. The second-order valence-corrected chi connectivity index (χ2v) is 1.42. The summed E-state index contributed by atoms with van der Waals surface area (Å²) < 4.78 is 59.2. The molecule has 0 amide bonds. The predicted molar refractivity (Wildman–Crippen MR) is 23.0 cm³/mol. The number of hydrogen-bond donors (Lipinski definition) is 0. The highest BCUT2D eigenvalue weighted by Gasteiger charge is 2.27. The van der Waals surface area contributed by atoms with Gasteiger partial charge in [0.2, 0.25) is 0 Å². The molecule has 7 heteroatoms. The second kappa shape index (κ2) is 4.09. The Kier molecular flexibility index (Phi) is 3.77. The van der Waals surface area contributed by atoms with Crippen molar-refractivity contribution in [3.05, 3.63) is 0 Å². The molecule has 0 bridgehead atoms. The molecule has 2 nitrogen and oxygen atoms in total. The van der Waals surface area contributed by atoms with Crippen molar-refractivity contribution in [2.45, 2.75) is 19.2 Å². The summed E-state index contributed by atoms with van der Waals surface area (Å²) in [5.74, 6) is -2.29. The Morgan fingerprint density at radius 1 is 1.09 bits per heavy atom. The molecule has 0 fully saturated rings. The van der Waals surface area contributed by atoms with Crippen LogP contribution < -0.4 is 0 Å². The van der Waals surface area contributed by atoms with Crippen molar-refractivity contribution in [3.8, 4) is 0 Å². The Balaban J connectivity index is 3.76. The van der Waals surface area contributed by atoms with Gasteiger partial charge >= 0.3 is 25.2 Å². The summed E-state index contributed by atoms with van der Waals surface area (Å²) >= 11 is 0. The normalized spacial score (nSPS) is 13.7. The molecule has 0 aromatic rings. The molecule has 0 heterocycles. The van der Waals surface area contributed by atoms with Gasteiger partial charge in [-0.15, -0.1) is 0 Å². The molecule has 0 spiro atoms. The van der Waals surface area contributed by atoms with Gasteiger partial charge in [-0.2, -0.15) is 13.2 Å². The summed E-state index contributed by atoms with van der Waals surface area (Å²) in [6.07, 6.45) is -10.5. The van der Waals surface area contributed by atoms with Gasteiger partial charge in [0.1, 0.15) is 0 Å². The molecular formula is C4H3F5O2. The molecule has 11 heavy (non-hydrogen) atoms. The van der Waals surface area contributed by atoms with Crippen LogP contribution in [0.4, 0.5) is 22.0 Å². The van der Waals surface area contributed by atoms with Gasteiger partial charge in [0.05, 0.1) is 0 Å². The quantitative estimate of drug-likeness (QED) is 0.481. The van der Waals surface area contributed by atoms with Crippen LogP contribution in [0, 0.1) is 0 Å². The molecule has 0 saturated carbocycles. The Hall–Kier alpha value is -0.880. The first-order valence-electron chi connectivity index (χ1n) is 2.36. The number of halogens is 5. The van der Waals surface area contributed by atoms with Crippen molar-refractivity contribution in [1.29, 1.82) is 0 Å². The fourth-order valence-electron chi connectivity index (χ4n) is 0.214. The average Bonchev–Trinajstić information content (AvgIpc) is 1.87. The fraction of sp³-hybridized carbons (Fsp3) is 0.750. The third kappa shape index (κ3) is 3.74. The maximum absolute atomic E-state index is 11.6. The molecule has 0 radical (unpaired) electrons. The third-order valence-electron chi connectivity index (χ3n) is 0.605. The fourth-order valence-corrected chi connectivity index (χ4v) is 0.214. The van der Waals surface area contributed by atoms with E-state index in [0.29, 0.717) is 0 Å². The van der Waals surface area contributed by atoms with E-state index in [1.807, 2.05) is 0 Å². The Labute approximate surface area is 57.9 Å². The van der Waals surface area contributed by atoms with Gasteiger partial charge in [-0.25, -0.2) is 13.6 Å². The third-order valence-corrected chi connectivity index (χ3v) is 0.605. The molecule has 0 aromatic heterocycles. The number of alkyl halides is 5. The van der Waals surface area contributed by atoms with Crippen LogP contribution in [0.25, 0.3) is 0 Å². The average molecular weight is 178 g/mol. The van der Waals surface area contributed by atoms with E-state index in [1.165, 1.54) is 0 Å². The van der Waals surface area contributed by atoms with Gasteiger partial charge < -0.3 is 4.74 Å². The first kappa shape index (κ1) is 10.1. The summed E-state index contributed by atoms with van der Waals surface area (Å²) in [4.78, 5) is 9.71. The van der Waals surface area contributed by atoms with E-state index in [9.17, 15) is 26.7 Å². The molecule has 66 valence electrons. The van der Waals surface area contributed by atoms with Gasteiger partial charge in [0, 0.05) is 0 Å². The lowest BCUT2D eigenvalue weighted by molar-refractivity contribution is -0.185. The summed E-state index contributed by atoms with van der Waals surface area (Å²) in [7, 11) is 0. The van der Waals surface area contributed by atoms with E-state index in [-0.39, 0.29) is 0 Å². The first-order chi connectivity index (χ1) is 4.95. The molecule has 0 aliphatic carbocycles. The van der Waals surface area contributed by atoms with E-state index >= 15 is 0 Å². The largest absolute Gasteiger partial charge is 0.421 e. The maximum Gasteiger partial charge on any atom is 0.376 e. The van der Waals surface area contributed by atoms with Crippen molar-refractivity contribution in [1.82, 2.24) is 0 Å². The summed E-state index contributed by atoms with van der Waals surface area (Å²) in [6.45, 7) is 0. The number of ether oxygens (including phenoxy) is 1. The molecule has 0 aromatic carbocycles. The smallest absolute Gasteiger partial charge is 0.376 e. The number of carbonyl (C=O) groups is 1. The highest BCUT2D eigenvalue weighted by atomic mass is 19.3. The van der Waals surface area contributed by atoms with Crippen molar-refractivity contribution >= 4 is 5.97 Å². The summed E-state index contributed by atoms with van der Waals surface area (Å²) in [5, 5.41) is 0. The molecule has 0 saturated heterocycles. The zero-order chi connectivity index (χ0) is 9.02. The van der Waals surface area contributed by atoms with Crippen molar-refractivity contribution in [2.24, 2.45) is 0 Å². The van der Waals surface area contributed by atoms with E-state index in [0.717, 1.165) is 0 Å². The molecule has 0 rings (SSSR count). The lowest BCUT2D eigenvalue weighted by Gasteiger charge is -2.07. The standard InChI is InChI=1S/C4H3F5O2/c5-1(6)3(9)11-4(10)2(7)8/h1-3H. The van der Waals surface area contributed by atoms with E-state index in [1.54, 1.807) is 0 Å². The van der Waals surface area contributed by atoms with Crippen LogP contribution in [-0.4, -0.2) is 25.2 Å². The number of carbonyl (C=O) groups excluding carboxylic acids is 1. The van der Waals surface area contributed by atoms with Crippen molar-refractivity contribution in [3.63, 3.8) is 0 Å². The summed E-state index contributed by atoms with van der Waals surface area (Å²) in [6, 6.07) is 0. The predicted octanol–water partition coefficient (Wildman–Crippen LogP) is 1.36. The minimum absolute atomic E-state index is 2.29. The minimum Gasteiger partial charge on any atom is -0.421 e. The summed E-state index contributed by atoms with van der Waals surface area (Å²) in [5.41, 5.74) is 0. The minimum atomic E-state index is -3.60. The van der Waals surface area contributed by atoms with E-state index in [4.69, 9.17) is 0 Å². The van der Waals surface area contributed by atoms with E-state index < -0.39 is 25.2 Å². The molecule has 1 unspecified atom stereocenters. The van der Waals surface area contributed by atoms with Crippen LogP contribution in [0.15, 0.2) is 0 Å². The highest BCUT2D eigenvalue weighted by Crippen LogP contribution is 2.09. The van der Waals surface area contributed by atoms with Crippen LogP contribution in [0.2, 0.25) is 0 Å². The lowest BCUT2D eigenvalue weighted by atomic mass is 10.6. The lowest BCUT2D eigenvalue weighted by Crippen LogP contribution is -2.24. The maximum atomic E-state index is 11.6. The van der Waals surface area contributed by atoms with Crippen LogP contribution >= 0.6 is 0 Å². The highest BCUT2D eigenvalue weighted by molar-refractivity contribution is 5.72. The van der Waals surface area contributed by atoms with Crippen LogP contribution in [0.5, 0.6) is 0 Å². The van der Waals surface area contributed by atoms with Crippen molar-refractivity contribution in [2.75, 3.05) is 0 Å². The molecule has 1 atom stereocenters. The van der Waals surface area contributed by atoms with Gasteiger partial charge in [0.25, 0.3) is 0 Å².